The Morgan fingerprint density at radius 3 is 2.58 bits per heavy atom. The molecule has 26 heavy (non-hydrogen) atoms. The van der Waals surface area contributed by atoms with E-state index in [1.54, 1.807) is 25.2 Å². The normalized spacial score (nSPS) is 16.3. The summed E-state index contributed by atoms with van der Waals surface area (Å²) in [5.74, 6) is 0.411. The van der Waals surface area contributed by atoms with Gasteiger partial charge in [0, 0.05) is 23.3 Å². The van der Waals surface area contributed by atoms with E-state index in [-0.39, 0.29) is 5.56 Å². The zero-order chi connectivity index (χ0) is 18.4. The summed E-state index contributed by atoms with van der Waals surface area (Å²) in [7, 11) is 1.61. The number of H-pyrrole nitrogens is 1. The Hall–Kier alpha value is -2.99. The van der Waals surface area contributed by atoms with Gasteiger partial charge in [0.2, 0.25) is 0 Å². The van der Waals surface area contributed by atoms with Gasteiger partial charge in [-0.15, -0.1) is 0 Å². The van der Waals surface area contributed by atoms with Crippen molar-refractivity contribution in [2.24, 2.45) is 0 Å². The number of amides is 1. The molecule has 0 radical (unpaired) electrons. The molecule has 0 saturated carbocycles. The van der Waals surface area contributed by atoms with E-state index in [4.69, 9.17) is 16.3 Å². The number of para-hydroxylation sites is 1. The van der Waals surface area contributed by atoms with Gasteiger partial charge in [-0.2, -0.15) is 0 Å². The fourth-order valence-corrected chi connectivity index (χ4v) is 3.48. The quantitative estimate of drug-likeness (QED) is 0.749. The van der Waals surface area contributed by atoms with Crippen LogP contribution in [0.3, 0.4) is 0 Å². The topological polar surface area (TPSA) is 67.3 Å². The van der Waals surface area contributed by atoms with Gasteiger partial charge in [-0.1, -0.05) is 29.8 Å². The predicted octanol–water partition coefficient (Wildman–Crippen LogP) is 3.66. The molecule has 1 aliphatic heterocycles. The van der Waals surface area contributed by atoms with Crippen molar-refractivity contribution in [2.75, 3.05) is 7.05 Å². The molecule has 1 atom stereocenters. The molecule has 3 aromatic rings. The van der Waals surface area contributed by atoms with Gasteiger partial charge in [-0.05, 0) is 37.3 Å². The van der Waals surface area contributed by atoms with Crippen LogP contribution in [0, 0.1) is 6.92 Å². The van der Waals surface area contributed by atoms with Crippen molar-refractivity contribution < 1.29 is 9.53 Å². The summed E-state index contributed by atoms with van der Waals surface area (Å²) >= 11 is 6.14. The van der Waals surface area contributed by atoms with Crippen molar-refractivity contribution >= 4 is 17.7 Å². The average Bonchev–Trinajstić information content (AvgIpc) is 2.92. The predicted molar refractivity (Wildman–Crippen MR) is 98.2 cm³/mol. The summed E-state index contributed by atoms with van der Waals surface area (Å²) in [4.78, 5) is 26.8. The summed E-state index contributed by atoms with van der Waals surface area (Å²) < 4.78 is 6.81. The van der Waals surface area contributed by atoms with Crippen LogP contribution in [0.4, 0.5) is 4.79 Å². The number of nitrogens with one attached hydrogen (secondary N) is 1. The first-order valence-electron chi connectivity index (χ1n) is 8.08. The zero-order valence-corrected chi connectivity index (χ0v) is 14.9. The summed E-state index contributed by atoms with van der Waals surface area (Å²) in [6, 6.07) is 13.7. The minimum Gasteiger partial charge on any atom is -0.410 e. The smallest absolute Gasteiger partial charge is 0.410 e. The number of rotatable bonds is 2. The van der Waals surface area contributed by atoms with Crippen LogP contribution in [-0.4, -0.2) is 27.8 Å². The largest absolute Gasteiger partial charge is 0.415 e. The lowest BCUT2D eigenvalue weighted by Crippen LogP contribution is -2.40. The van der Waals surface area contributed by atoms with Gasteiger partial charge < -0.3 is 4.74 Å². The lowest BCUT2D eigenvalue weighted by atomic mass is 9.96. The van der Waals surface area contributed by atoms with E-state index in [1.165, 1.54) is 9.58 Å². The lowest BCUT2D eigenvalue weighted by Gasteiger charge is -2.33. The van der Waals surface area contributed by atoms with Gasteiger partial charge in [0.15, 0.2) is 0 Å². The molecule has 0 aliphatic carbocycles. The average molecular weight is 370 g/mol. The molecule has 1 aromatic heterocycles. The van der Waals surface area contributed by atoms with Gasteiger partial charge in [0.05, 0.1) is 17.3 Å². The standard InChI is InChI=1S/C19H16ClN3O3/c1-11-16(18(24)23(21-11)13-6-4-3-5-7-13)17-14-10-12(20)8-9-15(14)26-19(25)22(17)2/h3-10,17,21H,1-2H3. The first-order chi connectivity index (χ1) is 12.5. The third-order valence-electron chi connectivity index (χ3n) is 4.54. The highest BCUT2D eigenvalue weighted by molar-refractivity contribution is 6.30. The van der Waals surface area contributed by atoms with Crippen molar-refractivity contribution in [3.63, 3.8) is 0 Å². The number of hydrogen-bond donors (Lipinski definition) is 1. The number of ether oxygens (including phenoxy) is 1. The SMILES string of the molecule is Cc1[nH]n(-c2ccccc2)c(=O)c1C1c2cc(Cl)ccc2OC(=O)N1C. The van der Waals surface area contributed by atoms with Crippen LogP contribution in [0.25, 0.3) is 5.69 Å². The van der Waals surface area contributed by atoms with Crippen molar-refractivity contribution in [1.82, 2.24) is 14.7 Å². The van der Waals surface area contributed by atoms with Gasteiger partial charge in [-0.3, -0.25) is 14.8 Å². The third-order valence-corrected chi connectivity index (χ3v) is 4.78. The third kappa shape index (κ3) is 2.50. The molecule has 7 heteroatoms. The molecule has 2 aromatic carbocycles. The van der Waals surface area contributed by atoms with E-state index in [1.807, 2.05) is 37.3 Å². The lowest BCUT2D eigenvalue weighted by molar-refractivity contribution is 0.140. The van der Waals surface area contributed by atoms with Crippen molar-refractivity contribution in [2.45, 2.75) is 13.0 Å². The molecule has 1 amide bonds. The van der Waals surface area contributed by atoms with Gasteiger partial charge in [-0.25, -0.2) is 9.48 Å². The number of halogens is 1. The van der Waals surface area contributed by atoms with Gasteiger partial charge >= 0.3 is 6.09 Å². The monoisotopic (exact) mass is 369 g/mol. The van der Waals surface area contributed by atoms with Crippen LogP contribution in [0.1, 0.15) is 22.9 Å². The molecule has 2 heterocycles. The number of carbonyl (C=O) groups is 1. The summed E-state index contributed by atoms with van der Waals surface area (Å²) in [6.07, 6.45) is -0.518. The number of aromatic nitrogens is 2. The first kappa shape index (κ1) is 16.5. The molecule has 1 N–H and O–H groups in total. The van der Waals surface area contributed by atoms with E-state index in [0.717, 1.165) is 5.69 Å². The molecule has 0 saturated heterocycles. The van der Waals surface area contributed by atoms with E-state index in [0.29, 0.717) is 27.6 Å². The second-order valence-electron chi connectivity index (χ2n) is 6.19. The highest BCUT2D eigenvalue weighted by Gasteiger charge is 2.36. The maximum atomic E-state index is 13.2. The minimum absolute atomic E-state index is 0.217. The molecule has 0 spiro atoms. The number of aromatic amines is 1. The van der Waals surface area contributed by atoms with Gasteiger partial charge in [0.25, 0.3) is 5.56 Å². The highest BCUT2D eigenvalue weighted by Crippen LogP contribution is 2.39. The van der Waals surface area contributed by atoms with Crippen molar-refractivity contribution in [3.8, 4) is 11.4 Å². The molecule has 6 nitrogen and oxygen atoms in total. The Labute approximate surface area is 154 Å². The Morgan fingerprint density at radius 2 is 1.85 bits per heavy atom. The molecule has 0 bridgehead atoms. The van der Waals surface area contributed by atoms with E-state index in [9.17, 15) is 9.59 Å². The molecular weight excluding hydrogens is 354 g/mol. The number of fused-ring (bicyclic) bond motifs is 1. The van der Waals surface area contributed by atoms with Crippen LogP contribution in [0.5, 0.6) is 5.75 Å². The summed E-state index contributed by atoms with van der Waals surface area (Å²) in [5.41, 5.74) is 2.34. The summed E-state index contributed by atoms with van der Waals surface area (Å²) in [6.45, 7) is 1.81. The van der Waals surface area contributed by atoms with Crippen LogP contribution < -0.4 is 10.3 Å². The second-order valence-corrected chi connectivity index (χ2v) is 6.63. The molecule has 0 fully saturated rings. The maximum absolute atomic E-state index is 13.2. The Morgan fingerprint density at radius 1 is 1.12 bits per heavy atom. The second kappa shape index (κ2) is 6.07. The van der Waals surface area contributed by atoms with Crippen molar-refractivity contribution in [3.05, 3.63) is 80.7 Å². The van der Waals surface area contributed by atoms with Crippen LogP contribution in [-0.2, 0) is 0 Å². The molecule has 1 aliphatic rings. The Kier molecular flexibility index (Phi) is 3.85. The van der Waals surface area contributed by atoms with Crippen molar-refractivity contribution in [1.29, 1.82) is 0 Å². The van der Waals surface area contributed by atoms with E-state index >= 15 is 0 Å². The van der Waals surface area contributed by atoms with Crippen LogP contribution >= 0.6 is 11.6 Å². The minimum atomic E-state index is -0.585. The zero-order valence-electron chi connectivity index (χ0n) is 14.2. The highest BCUT2D eigenvalue weighted by atomic mass is 35.5. The number of nitrogens with zero attached hydrogens (tertiary/aromatic N) is 2. The number of hydrogen-bond acceptors (Lipinski definition) is 3. The van der Waals surface area contributed by atoms with E-state index in [2.05, 4.69) is 5.10 Å². The molecule has 132 valence electrons. The maximum Gasteiger partial charge on any atom is 0.415 e. The molecular formula is C19H16ClN3O3. The summed E-state index contributed by atoms with van der Waals surface area (Å²) in [5, 5.41) is 3.61. The van der Waals surface area contributed by atoms with Gasteiger partial charge in [0.1, 0.15) is 5.75 Å². The number of benzene rings is 2. The number of aryl methyl sites for hydroxylation is 1. The Balaban J connectivity index is 1.93. The fraction of sp³-hybridized carbons (Fsp3) is 0.158. The Bertz CT molecular complexity index is 1060. The fourth-order valence-electron chi connectivity index (χ4n) is 3.30. The molecule has 1 unspecified atom stereocenters. The van der Waals surface area contributed by atoms with Crippen LogP contribution in [0.2, 0.25) is 5.02 Å². The van der Waals surface area contributed by atoms with E-state index < -0.39 is 12.1 Å². The number of carbonyl (C=O) groups excluding carboxylic acids is 1. The van der Waals surface area contributed by atoms with Crippen LogP contribution in [0.15, 0.2) is 53.3 Å². The molecule has 4 rings (SSSR count). The first-order valence-corrected chi connectivity index (χ1v) is 8.46.